The lowest BCUT2D eigenvalue weighted by atomic mass is 10.1. The van der Waals surface area contributed by atoms with Gasteiger partial charge in [0, 0.05) is 0 Å². The first-order valence-corrected chi connectivity index (χ1v) is 9.90. The number of carbonyl (C=O) groups excluding carboxylic acids is 2. The van der Waals surface area contributed by atoms with E-state index in [4.69, 9.17) is 23.2 Å². The summed E-state index contributed by atoms with van der Waals surface area (Å²) in [4.78, 5) is 26.6. The van der Waals surface area contributed by atoms with Crippen molar-refractivity contribution in [3.8, 4) is 5.75 Å². The first-order chi connectivity index (χ1) is 13.4. The summed E-state index contributed by atoms with van der Waals surface area (Å²) in [5.74, 6) is -0.589. The number of halogens is 2. The molecule has 4 rings (SSSR count). The number of hydrogen-bond donors (Lipinski definition) is 1. The Bertz CT molecular complexity index is 1140. The highest BCUT2D eigenvalue weighted by Gasteiger charge is 2.35. The van der Waals surface area contributed by atoms with E-state index in [-0.39, 0.29) is 38.4 Å². The van der Waals surface area contributed by atoms with Crippen molar-refractivity contribution >= 4 is 63.0 Å². The van der Waals surface area contributed by atoms with Crippen LogP contribution in [0.3, 0.4) is 0 Å². The summed E-state index contributed by atoms with van der Waals surface area (Å²) in [5, 5.41) is 11.6. The third-order valence-electron chi connectivity index (χ3n) is 4.37. The van der Waals surface area contributed by atoms with Crippen LogP contribution in [0.2, 0.25) is 10.0 Å². The molecule has 0 saturated carbocycles. The molecule has 0 atom stereocenters. The van der Waals surface area contributed by atoms with E-state index >= 15 is 0 Å². The van der Waals surface area contributed by atoms with Crippen LogP contribution < -0.4 is 0 Å². The average Bonchev–Trinajstić information content (AvgIpc) is 2.93. The fraction of sp³-hybridized carbons (Fsp3) is 0.0476. The Morgan fingerprint density at radius 3 is 2.36 bits per heavy atom. The van der Waals surface area contributed by atoms with E-state index in [2.05, 4.69) is 0 Å². The van der Waals surface area contributed by atoms with Gasteiger partial charge in [-0.2, -0.15) is 0 Å². The molecule has 0 unspecified atom stereocenters. The van der Waals surface area contributed by atoms with Gasteiger partial charge in [0.15, 0.2) is 5.75 Å². The molecule has 1 fully saturated rings. The number of fused-ring (bicyclic) bond motifs is 1. The monoisotopic (exact) mass is 429 g/mol. The molecule has 140 valence electrons. The van der Waals surface area contributed by atoms with Crippen LogP contribution in [0.4, 0.5) is 4.79 Å². The van der Waals surface area contributed by atoms with Crippen LogP contribution >= 0.6 is 35.0 Å². The van der Waals surface area contributed by atoms with Crippen molar-refractivity contribution in [1.29, 1.82) is 0 Å². The van der Waals surface area contributed by atoms with Gasteiger partial charge in [-0.1, -0.05) is 59.6 Å². The quantitative estimate of drug-likeness (QED) is 0.511. The Kier molecular flexibility index (Phi) is 5.06. The predicted molar refractivity (Wildman–Crippen MR) is 114 cm³/mol. The maximum atomic E-state index is 12.7. The number of phenolic OH excluding ortho intramolecular Hbond substituents is 1. The van der Waals surface area contributed by atoms with Crippen molar-refractivity contribution in [2.45, 2.75) is 6.54 Å². The summed E-state index contributed by atoms with van der Waals surface area (Å²) in [6, 6.07) is 16.7. The molecule has 0 aliphatic carbocycles. The molecular weight excluding hydrogens is 417 g/mol. The van der Waals surface area contributed by atoms with E-state index in [9.17, 15) is 14.7 Å². The molecule has 1 aliphatic rings. The van der Waals surface area contributed by atoms with Crippen LogP contribution in [-0.2, 0) is 11.3 Å². The van der Waals surface area contributed by atoms with Gasteiger partial charge in [0.25, 0.3) is 11.1 Å². The van der Waals surface area contributed by atoms with E-state index in [1.54, 1.807) is 6.08 Å². The summed E-state index contributed by atoms with van der Waals surface area (Å²) in [6.45, 7) is 0.198. The number of nitrogens with zero attached hydrogens (tertiary/aromatic N) is 1. The number of rotatable bonds is 3. The second-order valence-corrected chi connectivity index (χ2v) is 8.09. The topological polar surface area (TPSA) is 57.6 Å². The SMILES string of the molecule is O=C1S/C(=C\c2cc(Cl)c(O)c(Cl)c2)C(=O)N1Cc1ccc2ccccc2c1. The number of aromatic hydroxyl groups is 1. The molecule has 0 spiro atoms. The Balaban J connectivity index is 1.60. The number of benzene rings is 3. The Hall–Kier alpha value is -2.47. The molecule has 1 N–H and O–H groups in total. The number of hydrogen-bond acceptors (Lipinski definition) is 4. The van der Waals surface area contributed by atoms with Gasteiger partial charge in [0.1, 0.15) is 0 Å². The van der Waals surface area contributed by atoms with Gasteiger partial charge in [0.05, 0.1) is 21.5 Å². The molecule has 1 aliphatic heterocycles. The van der Waals surface area contributed by atoms with Gasteiger partial charge >= 0.3 is 0 Å². The molecule has 4 nitrogen and oxygen atoms in total. The fourth-order valence-electron chi connectivity index (χ4n) is 2.98. The smallest absolute Gasteiger partial charge is 0.293 e. The van der Waals surface area contributed by atoms with Crippen molar-refractivity contribution in [2.24, 2.45) is 0 Å². The second kappa shape index (κ2) is 7.51. The lowest BCUT2D eigenvalue weighted by molar-refractivity contribution is -0.123. The van der Waals surface area contributed by atoms with Crippen LogP contribution in [0.25, 0.3) is 16.8 Å². The Morgan fingerprint density at radius 1 is 0.964 bits per heavy atom. The maximum Gasteiger partial charge on any atom is 0.293 e. The summed E-state index contributed by atoms with van der Waals surface area (Å²) >= 11 is 12.7. The summed E-state index contributed by atoms with van der Waals surface area (Å²) in [5.41, 5.74) is 1.40. The van der Waals surface area contributed by atoms with E-state index in [1.807, 2.05) is 42.5 Å². The highest BCUT2D eigenvalue weighted by Crippen LogP contribution is 2.37. The van der Waals surface area contributed by atoms with Crippen LogP contribution in [0.1, 0.15) is 11.1 Å². The van der Waals surface area contributed by atoms with E-state index in [0.717, 1.165) is 28.1 Å². The molecule has 3 aromatic carbocycles. The van der Waals surface area contributed by atoms with E-state index in [1.165, 1.54) is 17.0 Å². The lowest BCUT2D eigenvalue weighted by Gasteiger charge is -2.13. The average molecular weight is 430 g/mol. The Labute approximate surface area is 175 Å². The summed E-state index contributed by atoms with van der Waals surface area (Å²) in [7, 11) is 0. The molecule has 0 bridgehead atoms. The minimum atomic E-state index is -0.372. The number of phenols is 1. The van der Waals surface area contributed by atoms with Gasteiger partial charge in [-0.25, -0.2) is 0 Å². The first-order valence-electron chi connectivity index (χ1n) is 8.33. The highest BCUT2D eigenvalue weighted by atomic mass is 35.5. The van der Waals surface area contributed by atoms with Gasteiger partial charge in [-0.3, -0.25) is 14.5 Å². The number of imide groups is 1. The van der Waals surface area contributed by atoms with Crippen molar-refractivity contribution < 1.29 is 14.7 Å². The maximum absolute atomic E-state index is 12.7. The number of carbonyl (C=O) groups is 2. The third-order valence-corrected chi connectivity index (χ3v) is 5.85. The molecule has 1 heterocycles. The minimum absolute atomic E-state index is 0.0779. The standard InChI is InChI=1S/C21H13Cl2NO3S/c22-16-8-13(9-17(23)19(16)25)10-18-20(26)24(21(27)28-18)11-12-5-6-14-3-1-2-4-15(14)7-12/h1-10,25H,11H2/b18-10-. The fourth-order valence-corrected chi connectivity index (χ4v) is 4.32. The van der Waals surface area contributed by atoms with Gasteiger partial charge < -0.3 is 5.11 Å². The molecule has 0 aromatic heterocycles. The Morgan fingerprint density at radius 2 is 1.64 bits per heavy atom. The van der Waals surface area contributed by atoms with Gasteiger partial charge in [0.2, 0.25) is 0 Å². The largest absolute Gasteiger partial charge is 0.505 e. The van der Waals surface area contributed by atoms with Crippen LogP contribution in [0, 0.1) is 0 Å². The molecule has 1 saturated heterocycles. The van der Waals surface area contributed by atoms with Gasteiger partial charge in [-0.15, -0.1) is 0 Å². The second-order valence-electron chi connectivity index (χ2n) is 6.28. The number of thioether (sulfide) groups is 1. The van der Waals surface area contributed by atoms with Crippen molar-refractivity contribution in [3.63, 3.8) is 0 Å². The molecule has 28 heavy (non-hydrogen) atoms. The van der Waals surface area contributed by atoms with Crippen molar-refractivity contribution in [2.75, 3.05) is 0 Å². The summed E-state index contributed by atoms with van der Waals surface area (Å²) in [6.07, 6.45) is 1.54. The van der Waals surface area contributed by atoms with Gasteiger partial charge in [-0.05, 0) is 57.9 Å². The highest BCUT2D eigenvalue weighted by molar-refractivity contribution is 8.18. The summed E-state index contributed by atoms with van der Waals surface area (Å²) < 4.78 is 0. The van der Waals surface area contributed by atoms with Crippen LogP contribution in [0.5, 0.6) is 5.75 Å². The van der Waals surface area contributed by atoms with E-state index < -0.39 is 0 Å². The van der Waals surface area contributed by atoms with Crippen molar-refractivity contribution in [3.05, 3.63) is 80.7 Å². The van der Waals surface area contributed by atoms with E-state index in [0.29, 0.717) is 5.56 Å². The first kappa shape index (κ1) is 18.9. The minimum Gasteiger partial charge on any atom is -0.505 e. The zero-order valence-corrected chi connectivity index (χ0v) is 16.7. The molecule has 7 heteroatoms. The molecule has 0 radical (unpaired) electrons. The zero-order valence-electron chi connectivity index (χ0n) is 14.4. The molecule has 3 aromatic rings. The molecular formula is C21H13Cl2NO3S. The lowest BCUT2D eigenvalue weighted by Crippen LogP contribution is -2.27. The van der Waals surface area contributed by atoms with Crippen LogP contribution in [-0.4, -0.2) is 21.2 Å². The predicted octanol–water partition coefficient (Wildman–Crippen LogP) is 6.09. The number of amides is 2. The van der Waals surface area contributed by atoms with Crippen molar-refractivity contribution in [1.82, 2.24) is 4.90 Å². The third kappa shape index (κ3) is 3.61. The normalized spacial score (nSPS) is 15.8. The van der Waals surface area contributed by atoms with Crippen LogP contribution in [0.15, 0.2) is 59.5 Å². The molecule has 2 amide bonds. The zero-order chi connectivity index (χ0) is 19.8.